The highest BCUT2D eigenvalue weighted by Crippen LogP contribution is 2.28. The molecule has 0 aliphatic rings. The third kappa shape index (κ3) is 17.1. The number of nitrogen functional groups attached to an aromatic ring is 3. The van der Waals surface area contributed by atoms with Crippen LogP contribution < -0.4 is 37.9 Å². The van der Waals surface area contributed by atoms with E-state index in [9.17, 15) is 9.59 Å². The zero-order valence-electron chi connectivity index (χ0n) is 43.8. The molecule has 9 N–H and O–H groups in total. The molecule has 0 saturated carbocycles. The Kier molecular flexibility index (Phi) is 20.8. The number of benzene rings is 3. The highest BCUT2D eigenvalue weighted by Gasteiger charge is 2.17. The van der Waals surface area contributed by atoms with Crippen LogP contribution in [0, 0.1) is 0 Å². The van der Waals surface area contributed by atoms with E-state index in [0.717, 1.165) is 81.8 Å². The molecule has 21 nitrogen and oxygen atoms in total. The Balaban J connectivity index is 0.000000242. The van der Waals surface area contributed by atoms with E-state index in [2.05, 4.69) is 95.6 Å². The Labute approximate surface area is 433 Å². The molecule has 0 aliphatic carbocycles. The summed E-state index contributed by atoms with van der Waals surface area (Å²) in [5, 5.41) is 8.72. The Morgan fingerprint density at radius 1 is 0.662 bits per heavy atom. The molecule has 21 heteroatoms. The fourth-order valence-electron chi connectivity index (χ4n) is 8.11. The minimum Gasteiger partial charge on any atom is -0.455 e. The topological polar surface area (TPSA) is 270 Å². The van der Waals surface area contributed by atoms with Crippen LogP contribution in [-0.2, 0) is 32.8 Å². The molecule has 3 aromatic carbocycles. The van der Waals surface area contributed by atoms with Crippen LogP contribution in [0.3, 0.4) is 0 Å². The average molecular weight is 1020 g/mol. The molecule has 4 heterocycles. The Morgan fingerprint density at radius 3 is 1.73 bits per heavy atom. The fourth-order valence-corrected chi connectivity index (χ4v) is 8.11. The van der Waals surface area contributed by atoms with Gasteiger partial charge in [-0.1, -0.05) is 45.0 Å². The predicted octanol–water partition coefficient (Wildman–Crippen LogP) is 7.18. The number of urea groups is 1. The number of unbranched alkanes of at least 4 members (excludes halogenated alkanes) is 1. The standard InChI is InChI=1S/C27H35N9O3.C26H39N7O2/c1-35(16-21(38-2)12-15-36-18-33-24-25(29)31-17-32-26(24)36)14-5-13-30-27(37)34-19-8-10-20(11-9-19)39-23-7-4-3-6-22(23)28;1-26(2,3)19-9-11-20(12-10-19)31-22(34)8-6-7-14-32(4)16-21(35-5)13-15-33-18-30-23-24(27)28-17-29-25(23)33/h3-4,6-11,17-18,21H,5,12-16,28H2,1-2H3,(H2,29,31,32)(H2,30,34,37);9-12,17-18,21H,6-8,13-16H2,1-5H3,(H,31,34)(H2,27,28,29). The van der Waals surface area contributed by atoms with Gasteiger partial charge in [0, 0.05) is 64.7 Å². The van der Waals surface area contributed by atoms with Gasteiger partial charge in [-0.15, -0.1) is 0 Å². The van der Waals surface area contributed by atoms with Crippen molar-refractivity contribution in [3.8, 4) is 11.5 Å². The third-order valence-electron chi connectivity index (χ3n) is 12.4. The van der Waals surface area contributed by atoms with Crippen molar-refractivity contribution in [3.63, 3.8) is 0 Å². The van der Waals surface area contributed by atoms with Crippen LogP contribution in [0.2, 0.25) is 0 Å². The average Bonchev–Trinajstić information content (AvgIpc) is 4.01. The first-order valence-electron chi connectivity index (χ1n) is 24.9. The number of anilines is 5. The van der Waals surface area contributed by atoms with Gasteiger partial charge in [-0.3, -0.25) is 4.79 Å². The van der Waals surface area contributed by atoms with E-state index in [-0.39, 0.29) is 29.6 Å². The molecule has 3 amide bonds. The second-order valence-corrected chi connectivity index (χ2v) is 19.3. The number of rotatable bonds is 25. The summed E-state index contributed by atoms with van der Waals surface area (Å²) in [6.07, 6.45) is 11.2. The second-order valence-electron chi connectivity index (χ2n) is 19.3. The lowest BCUT2D eigenvalue weighted by atomic mass is 9.87. The van der Waals surface area contributed by atoms with Crippen LogP contribution >= 0.6 is 0 Å². The number of hydrogen-bond acceptors (Lipinski definition) is 16. The summed E-state index contributed by atoms with van der Waals surface area (Å²) in [5.74, 6) is 2.05. The number of likely N-dealkylation sites (N-methyl/N-ethyl adjacent to an activating group) is 2. The third-order valence-corrected chi connectivity index (χ3v) is 12.4. The number of carbonyl (C=O) groups excluding carboxylic acids is 2. The summed E-state index contributed by atoms with van der Waals surface area (Å²) in [4.78, 5) is 54.2. The van der Waals surface area contributed by atoms with Gasteiger partial charge in [0.05, 0.1) is 30.5 Å². The molecule has 396 valence electrons. The van der Waals surface area contributed by atoms with Gasteiger partial charge < -0.3 is 66.3 Å². The lowest BCUT2D eigenvalue weighted by molar-refractivity contribution is -0.116. The molecule has 0 fully saturated rings. The number of nitrogens with two attached hydrogens (primary N) is 3. The number of ether oxygens (including phenoxy) is 3. The predicted molar refractivity (Wildman–Crippen MR) is 292 cm³/mol. The van der Waals surface area contributed by atoms with Crippen molar-refractivity contribution in [1.82, 2.24) is 54.2 Å². The van der Waals surface area contributed by atoms with Crippen molar-refractivity contribution in [2.75, 3.05) is 88.9 Å². The van der Waals surface area contributed by atoms with E-state index in [1.165, 1.54) is 18.2 Å². The van der Waals surface area contributed by atoms with Crippen molar-refractivity contribution < 1.29 is 23.8 Å². The Hall–Kier alpha value is -7.46. The normalized spacial score (nSPS) is 12.4. The van der Waals surface area contributed by atoms with Crippen LogP contribution in [0.1, 0.15) is 64.9 Å². The summed E-state index contributed by atoms with van der Waals surface area (Å²) in [6.45, 7) is 11.8. The highest BCUT2D eigenvalue weighted by atomic mass is 16.5. The van der Waals surface area contributed by atoms with Crippen molar-refractivity contribution in [2.24, 2.45) is 0 Å². The number of imidazole rings is 2. The number of nitrogens with one attached hydrogen (secondary N) is 3. The van der Waals surface area contributed by atoms with E-state index in [4.69, 9.17) is 31.4 Å². The van der Waals surface area contributed by atoms with E-state index in [1.807, 2.05) is 40.4 Å². The molecule has 74 heavy (non-hydrogen) atoms. The minimum absolute atomic E-state index is 0.0353. The number of fused-ring (bicyclic) bond motifs is 2. The molecule has 0 bridgehead atoms. The molecule has 0 saturated heterocycles. The SMILES string of the molecule is COC(CCn1cnc2c(N)ncnc21)CN(C)CCCCC(=O)Nc1ccc(C(C)(C)C)cc1.COC(CCn1cnc2c(N)ncnc21)CN(C)CCCNC(=O)Nc1ccc(Oc2ccccc2N)cc1. The number of aromatic nitrogens is 8. The van der Waals surface area contributed by atoms with E-state index >= 15 is 0 Å². The minimum atomic E-state index is -0.259. The lowest BCUT2D eigenvalue weighted by Gasteiger charge is -2.23. The summed E-state index contributed by atoms with van der Waals surface area (Å²) in [7, 11) is 7.58. The number of carbonyl (C=O) groups is 2. The largest absolute Gasteiger partial charge is 0.455 e. The van der Waals surface area contributed by atoms with Crippen LogP contribution in [0.15, 0.2) is 98.1 Å². The molecule has 2 atom stereocenters. The highest BCUT2D eigenvalue weighted by molar-refractivity contribution is 5.91. The van der Waals surface area contributed by atoms with Gasteiger partial charge >= 0.3 is 6.03 Å². The zero-order chi connectivity index (χ0) is 53.0. The van der Waals surface area contributed by atoms with E-state index in [0.29, 0.717) is 65.1 Å². The maximum absolute atomic E-state index is 12.3. The molecule has 2 unspecified atom stereocenters. The van der Waals surface area contributed by atoms with Gasteiger partial charge in [0.2, 0.25) is 5.91 Å². The summed E-state index contributed by atoms with van der Waals surface area (Å²) in [5.41, 5.74) is 23.8. The van der Waals surface area contributed by atoms with Crippen molar-refractivity contribution >= 4 is 63.0 Å². The van der Waals surface area contributed by atoms with Gasteiger partial charge in [-0.25, -0.2) is 34.7 Å². The molecule has 0 spiro atoms. The molecular weight excluding hydrogens is 941 g/mol. The molecule has 4 aromatic heterocycles. The summed E-state index contributed by atoms with van der Waals surface area (Å²) < 4.78 is 21.1. The van der Waals surface area contributed by atoms with Crippen molar-refractivity contribution in [1.29, 1.82) is 0 Å². The first-order valence-corrected chi connectivity index (χ1v) is 24.9. The van der Waals surface area contributed by atoms with Crippen LogP contribution in [0.25, 0.3) is 22.3 Å². The quantitative estimate of drug-likeness (QED) is 0.0244. The summed E-state index contributed by atoms with van der Waals surface area (Å²) in [6, 6.07) is 22.3. The number of amides is 3. The monoisotopic (exact) mass is 1010 g/mol. The first-order chi connectivity index (χ1) is 35.6. The Morgan fingerprint density at radius 2 is 1.19 bits per heavy atom. The summed E-state index contributed by atoms with van der Waals surface area (Å²) >= 11 is 0. The lowest BCUT2D eigenvalue weighted by Crippen LogP contribution is -2.35. The zero-order valence-corrected chi connectivity index (χ0v) is 43.8. The second kappa shape index (κ2) is 27.6. The van der Waals surface area contributed by atoms with Crippen LogP contribution in [0.5, 0.6) is 11.5 Å². The van der Waals surface area contributed by atoms with Crippen molar-refractivity contribution in [2.45, 2.75) is 90.0 Å². The molecular formula is C53H74N16O5. The molecule has 7 rings (SSSR count). The molecule has 0 aliphatic heterocycles. The number of methoxy groups -OCH3 is 2. The molecule has 7 aromatic rings. The Bertz CT molecular complexity index is 2830. The fraction of sp³-hybridized carbons (Fsp3) is 0.434. The van der Waals surface area contributed by atoms with E-state index < -0.39 is 0 Å². The number of hydrogen-bond donors (Lipinski definition) is 6. The van der Waals surface area contributed by atoms with Crippen LogP contribution in [0.4, 0.5) is 33.5 Å². The maximum Gasteiger partial charge on any atom is 0.319 e. The van der Waals surface area contributed by atoms with Gasteiger partial charge in [-0.2, -0.15) is 0 Å². The smallest absolute Gasteiger partial charge is 0.319 e. The number of aryl methyl sites for hydroxylation is 2. The van der Waals surface area contributed by atoms with E-state index in [1.54, 1.807) is 63.3 Å². The number of nitrogens with zero attached hydrogens (tertiary/aromatic N) is 10. The van der Waals surface area contributed by atoms with Gasteiger partial charge in [0.25, 0.3) is 0 Å². The van der Waals surface area contributed by atoms with Crippen molar-refractivity contribution in [3.05, 3.63) is 104 Å². The van der Waals surface area contributed by atoms with Gasteiger partial charge in [0.15, 0.2) is 22.9 Å². The maximum atomic E-state index is 12.3. The van der Waals surface area contributed by atoms with Crippen LogP contribution in [-0.4, -0.2) is 134 Å². The first kappa shape index (κ1) is 55.8. The van der Waals surface area contributed by atoms with Gasteiger partial charge in [-0.05, 0) is 119 Å². The van der Waals surface area contributed by atoms with Gasteiger partial charge in [0.1, 0.15) is 35.2 Å². The number of para-hydroxylation sites is 2. The molecule has 0 radical (unpaired) electrons.